The number of carboxylic acids is 1. The third kappa shape index (κ3) is 4.56. The number of hydrogen-bond acceptors (Lipinski definition) is 5. The normalized spacial score (nSPS) is 10.5. The molecule has 0 spiro atoms. The second-order valence-electron chi connectivity index (χ2n) is 4.94. The van der Waals surface area contributed by atoms with E-state index in [1.54, 1.807) is 18.2 Å². The monoisotopic (exact) mass is 336 g/mol. The zero-order valence-electron chi connectivity index (χ0n) is 12.7. The van der Waals surface area contributed by atoms with Crippen molar-refractivity contribution in [3.05, 3.63) is 41.3 Å². The predicted octanol–water partition coefficient (Wildman–Crippen LogP) is 3.75. The Morgan fingerprint density at radius 2 is 2.26 bits per heavy atom. The van der Waals surface area contributed by atoms with Gasteiger partial charge >= 0.3 is 5.97 Å². The molecule has 2 rings (SSSR count). The molecule has 0 amide bonds. The van der Waals surface area contributed by atoms with Crippen LogP contribution < -0.4 is 4.74 Å². The molecule has 0 aliphatic heterocycles. The van der Waals surface area contributed by atoms with Crippen LogP contribution in [0.25, 0.3) is 11.4 Å². The summed E-state index contributed by atoms with van der Waals surface area (Å²) >= 11 is 6.19. The molecule has 23 heavy (non-hydrogen) atoms. The number of halogens is 1. The van der Waals surface area contributed by atoms with E-state index >= 15 is 0 Å². The fourth-order valence-corrected chi connectivity index (χ4v) is 2.02. The average molecular weight is 337 g/mol. The molecule has 122 valence electrons. The van der Waals surface area contributed by atoms with Crippen LogP contribution in [0.3, 0.4) is 0 Å². The van der Waals surface area contributed by atoms with E-state index in [4.69, 9.17) is 26.0 Å². The highest BCUT2D eigenvalue weighted by molar-refractivity contribution is 6.32. The van der Waals surface area contributed by atoms with Crippen LogP contribution >= 0.6 is 11.6 Å². The molecule has 1 N–H and O–H groups in total. The largest absolute Gasteiger partial charge is 0.492 e. The van der Waals surface area contributed by atoms with Gasteiger partial charge in [0, 0.05) is 11.1 Å². The Morgan fingerprint density at radius 1 is 1.48 bits per heavy atom. The van der Waals surface area contributed by atoms with Crippen molar-refractivity contribution in [3.63, 3.8) is 0 Å². The second-order valence-corrected chi connectivity index (χ2v) is 5.35. The fourth-order valence-electron chi connectivity index (χ4n) is 1.79. The lowest BCUT2D eigenvalue weighted by atomic mass is 10.2. The predicted molar refractivity (Wildman–Crippen MR) is 85.6 cm³/mol. The first-order chi connectivity index (χ1) is 11.0. The quantitative estimate of drug-likeness (QED) is 0.583. The molecular formula is C16H17ClN2O4. The molecule has 7 heteroatoms. The van der Waals surface area contributed by atoms with Crippen LogP contribution in [0, 0.1) is 0 Å². The molecular weight excluding hydrogens is 320 g/mol. The van der Waals surface area contributed by atoms with E-state index in [9.17, 15) is 4.79 Å². The first-order valence-electron chi connectivity index (χ1n) is 7.17. The summed E-state index contributed by atoms with van der Waals surface area (Å²) in [6, 6.07) is 5.21. The summed E-state index contributed by atoms with van der Waals surface area (Å²) in [5.41, 5.74) is 0.645. The van der Waals surface area contributed by atoms with Crippen molar-refractivity contribution in [2.24, 2.45) is 0 Å². The number of rotatable bonds is 8. The van der Waals surface area contributed by atoms with Crippen molar-refractivity contribution in [3.8, 4) is 17.1 Å². The van der Waals surface area contributed by atoms with Gasteiger partial charge in [0.1, 0.15) is 5.75 Å². The Kier molecular flexibility index (Phi) is 5.76. The van der Waals surface area contributed by atoms with Crippen LogP contribution in [0.2, 0.25) is 5.02 Å². The summed E-state index contributed by atoms with van der Waals surface area (Å²) in [5.74, 6) is 0.0280. The molecule has 1 aromatic heterocycles. The van der Waals surface area contributed by atoms with Gasteiger partial charge in [-0.2, -0.15) is 4.98 Å². The van der Waals surface area contributed by atoms with Gasteiger partial charge in [-0.1, -0.05) is 36.7 Å². The van der Waals surface area contributed by atoms with E-state index in [0.29, 0.717) is 28.8 Å². The number of nitrogens with zero attached hydrogens (tertiary/aromatic N) is 2. The number of carboxylic acid groups (broad SMARTS) is 1. The van der Waals surface area contributed by atoms with Gasteiger partial charge < -0.3 is 14.4 Å². The lowest BCUT2D eigenvalue weighted by molar-refractivity contribution is -0.132. The molecule has 0 fully saturated rings. The number of carbonyl (C=O) groups is 1. The summed E-state index contributed by atoms with van der Waals surface area (Å²) in [7, 11) is 0. The van der Waals surface area contributed by atoms with E-state index < -0.39 is 5.97 Å². The maximum absolute atomic E-state index is 10.7. The highest BCUT2D eigenvalue weighted by atomic mass is 35.5. The number of ether oxygens (including phenoxy) is 1. The van der Waals surface area contributed by atoms with Gasteiger partial charge in [-0.15, -0.1) is 0 Å². The minimum absolute atomic E-state index is 0.00568. The van der Waals surface area contributed by atoms with E-state index in [-0.39, 0.29) is 17.9 Å². The molecule has 1 heterocycles. The molecule has 0 atom stereocenters. The zero-order chi connectivity index (χ0) is 16.8. The van der Waals surface area contributed by atoms with Crippen LogP contribution in [-0.4, -0.2) is 27.8 Å². The number of aliphatic carboxylic acids is 1. The highest BCUT2D eigenvalue weighted by Crippen LogP contribution is 2.29. The van der Waals surface area contributed by atoms with Crippen LogP contribution in [-0.2, 0) is 11.2 Å². The van der Waals surface area contributed by atoms with Crippen molar-refractivity contribution in [1.29, 1.82) is 0 Å². The molecule has 0 radical (unpaired) electrons. The summed E-state index contributed by atoms with van der Waals surface area (Å²) < 4.78 is 10.6. The van der Waals surface area contributed by atoms with Crippen molar-refractivity contribution < 1.29 is 19.2 Å². The molecule has 0 saturated carbocycles. The molecule has 0 aliphatic rings. The van der Waals surface area contributed by atoms with Gasteiger partial charge in [0.05, 0.1) is 18.1 Å². The molecule has 0 unspecified atom stereocenters. The number of hydrogen-bond donors (Lipinski definition) is 1. The first kappa shape index (κ1) is 17.0. The Morgan fingerprint density at radius 3 is 2.91 bits per heavy atom. The minimum Gasteiger partial charge on any atom is -0.492 e. The van der Waals surface area contributed by atoms with E-state index in [1.807, 2.05) is 0 Å². The lowest BCUT2D eigenvalue weighted by Crippen LogP contribution is -2.02. The van der Waals surface area contributed by atoms with E-state index in [2.05, 4.69) is 23.6 Å². The molecule has 0 bridgehead atoms. The molecule has 2 aromatic rings. The Hall–Kier alpha value is -2.34. The molecule has 0 aliphatic carbocycles. The third-order valence-electron chi connectivity index (χ3n) is 3.08. The molecule has 1 aromatic carbocycles. The smallest absolute Gasteiger partial charge is 0.331 e. The van der Waals surface area contributed by atoms with Crippen LogP contribution in [0.4, 0.5) is 0 Å². The maximum atomic E-state index is 10.7. The Balaban J connectivity index is 2.10. The number of aromatic nitrogens is 2. The average Bonchev–Trinajstić information content (AvgIpc) is 2.97. The summed E-state index contributed by atoms with van der Waals surface area (Å²) in [5, 5.41) is 13.1. The maximum Gasteiger partial charge on any atom is 0.331 e. The zero-order valence-corrected chi connectivity index (χ0v) is 13.5. The van der Waals surface area contributed by atoms with E-state index in [1.165, 1.54) is 0 Å². The highest BCUT2D eigenvalue weighted by Gasteiger charge is 2.14. The minimum atomic E-state index is -1.10. The van der Waals surface area contributed by atoms with Crippen molar-refractivity contribution in [2.75, 3.05) is 6.61 Å². The van der Waals surface area contributed by atoms with Gasteiger partial charge in [-0.25, -0.2) is 4.79 Å². The lowest BCUT2D eigenvalue weighted by Gasteiger charge is -2.07. The van der Waals surface area contributed by atoms with Crippen LogP contribution in [0.1, 0.15) is 25.7 Å². The Bertz CT molecular complexity index is 712. The van der Waals surface area contributed by atoms with Gasteiger partial charge in [0.25, 0.3) is 0 Å². The van der Waals surface area contributed by atoms with Crippen molar-refractivity contribution >= 4 is 17.6 Å². The SMILES string of the molecule is C=C(Cc1nc(-c2ccc(OCCCC)c(Cl)c2)no1)C(=O)O. The summed E-state index contributed by atoms with van der Waals surface area (Å²) in [4.78, 5) is 14.9. The fraction of sp³-hybridized carbons (Fsp3) is 0.312. The van der Waals surface area contributed by atoms with Gasteiger partial charge in [0.2, 0.25) is 11.7 Å². The topological polar surface area (TPSA) is 85.5 Å². The molecule has 0 saturated heterocycles. The second kappa shape index (κ2) is 7.78. The van der Waals surface area contributed by atoms with Crippen molar-refractivity contribution in [2.45, 2.75) is 26.2 Å². The van der Waals surface area contributed by atoms with Crippen LogP contribution in [0.5, 0.6) is 5.75 Å². The van der Waals surface area contributed by atoms with Gasteiger partial charge in [0.15, 0.2) is 0 Å². The molecule has 6 nitrogen and oxygen atoms in total. The van der Waals surface area contributed by atoms with Crippen molar-refractivity contribution in [1.82, 2.24) is 10.1 Å². The van der Waals surface area contributed by atoms with Crippen LogP contribution in [0.15, 0.2) is 34.9 Å². The number of unbranched alkanes of at least 4 members (excludes halogenated alkanes) is 1. The Labute approximate surface area is 138 Å². The standard InChI is InChI=1S/C16H17ClN2O4/c1-3-4-7-22-13-6-5-11(9-12(13)17)15-18-14(23-19-15)8-10(2)16(20)21/h5-6,9H,2-4,7-8H2,1H3,(H,20,21). The summed E-state index contributed by atoms with van der Waals surface area (Å²) in [6.45, 7) is 6.12. The van der Waals surface area contributed by atoms with Gasteiger partial charge in [-0.3, -0.25) is 0 Å². The van der Waals surface area contributed by atoms with Gasteiger partial charge in [-0.05, 0) is 24.6 Å². The third-order valence-corrected chi connectivity index (χ3v) is 3.38. The van der Waals surface area contributed by atoms with E-state index in [0.717, 1.165) is 12.8 Å². The summed E-state index contributed by atoms with van der Waals surface area (Å²) in [6.07, 6.45) is 2.00. The first-order valence-corrected chi connectivity index (χ1v) is 7.55. The number of benzene rings is 1.